The number of anilines is 1. The summed E-state index contributed by atoms with van der Waals surface area (Å²) in [6.45, 7) is 0.337. The summed E-state index contributed by atoms with van der Waals surface area (Å²) in [6, 6.07) is 11.9. The van der Waals surface area contributed by atoms with Crippen molar-refractivity contribution in [3.05, 3.63) is 59.4 Å². The molecule has 2 aromatic carbocycles. The fourth-order valence-corrected chi connectivity index (χ4v) is 2.62. The third-order valence-electron chi connectivity index (χ3n) is 3.68. The van der Waals surface area contributed by atoms with Crippen LogP contribution in [-0.2, 0) is 11.2 Å². The van der Waals surface area contributed by atoms with Gasteiger partial charge in [0.25, 0.3) is 11.7 Å². The predicted octanol–water partition coefficient (Wildman–Crippen LogP) is 2.61. The Balaban J connectivity index is 1.94. The van der Waals surface area contributed by atoms with Crippen molar-refractivity contribution in [1.82, 2.24) is 0 Å². The van der Waals surface area contributed by atoms with E-state index < -0.39 is 17.5 Å². The van der Waals surface area contributed by atoms with Crippen LogP contribution in [0.15, 0.2) is 42.5 Å². The molecule has 0 saturated heterocycles. The highest BCUT2D eigenvalue weighted by Crippen LogP contribution is 2.38. The molecule has 0 fully saturated rings. The number of rotatable bonds is 4. The molecule has 4 nitrogen and oxygen atoms in total. The molecule has 0 atom stereocenters. The van der Waals surface area contributed by atoms with E-state index in [0.717, 1.165) is 11.6 Å². The Morgan fingerprint density at radius 1 is 1.14 bits per heavy atom. The van der Waals surface area contributed by atoms with Crippen LogP contribution < -0.4 is 9.64 Å². The number of hydrogen-bond donors (Lipinski definition) is 0. The standard InChI is InChI=1S/C17H14FNO3/c1-22-14-10-12(18)9-13-15(14)19(17(21)16(13)20)8-7-11-5-3-2-4-6-11/h2-6,9-10H,7-8H2,1H3. The summed E-state index contributed by atoms with van der Waals surface area (Å²) in [5.74, 6) is -1.74. The van der Waals surface area contributed by atoms with Crippen molar-refractivity contribution < 1.29 is 18.7 Å². The molecule has 112 valence electrons. The second kappa shape index (κ2) is 5.60. The number of hydrogen-bond acceptors (Lipinski definition) is 3. The van der Waals surface area contributed by atoms with Gasteiger partial charge in [0, 0.05) is 12.6 Å². The molecule has 1 aliphatic heterocycles. The maximum Gasteiger partial charge on any atom is 0.299 e. The summed E-state index contributed by atoms with van der Waals surface area (Å²) in [5.41, 5.74) is 1.47. The number of Topliss-reactive ketones (excluding diaryl/α,β-unsaturated/α-hetero) is 1. The maximum atomic E-state index is 13.5. The topological polar surface area (TPSA) is 46.6 Å². The summed E-state index contributed by atoms with van der Waals surface area (Å²) < 4.78 is 18.7. The Morgan fingerprint density at radius 3 is 2.55 bits per heavy atom. The summed E-state index contributed by atoms with van der Waals surface area (Å²) in [7, 11) is 1.39. The van der Waals surface area contributed by atoms with Crippen LogP contribution in [0.4, 0.5) is 10.1 Å². The van der Waals surface area contributed by atoms with Crippen LogP contribution in [-0.4, -0.2) is 25.3 Å². The van der Waals surface area contributed by atoms with E-state index in [1.165, 1.54) is 18.1 Å². The number of ether oxygens (including phenoxy) is 1. The lowest BCUT2D eigenvalue weighted by Gasteiger charge is -2.19. The minimum absolute atomic E-state index is 0.0647. The molecule has 5 heteroatoms. The zero-order chi connectivity index (χ0) is 15.7. The largest absolute Gasteiger partial charge is 0.494 e. The molecular weight excluding hydrogens is 285 g/mol. The molecule has 0 radical (unpaired) electrons. The molecule has 3 rings (SSSR count). The molecule has 0 aliphatic carbocycles. The van der Waals surface area contributed by atoms with Crippen LogP contribution in [0.25, 0.3) is 0 Å². The van der Waals surface area contributed by atoms with Gasteiger partial charge < -0.3 is 9.64 Å². The van der Waals surface area contributed by atoms with Crippen LogP contribution in [0.5, 0.6) is 5.75 Å². The van der Waals surface area contributed by atoms with Gasteiger partial charge in [-0.3, -0.25) is 9.59 Å². The van der Waals surface area contributed by atoms with Gasteiger partial charge >= 0.3 is 0 Å². The maximum absolute atomic E-state index is 13.5. The van der Waals surface area contributed by atoms with Gasteiger partial charge in [-0.2, -0.15) is 0 Å². The minimum Gasteiger partial charge on any atom is -0.494 e. The van der Waals surface area contributed by atoms with Gasteiger partial charge in [0.15, 0.2) is 0 Å². The van der Waals surface area contributed by atoms with Gasteiger partial charge in [-0.25, -0.2) is 4.39 Å². The highest BCUT2D eigenvalue weighted by Gasteiger charge is 2.38. The van der Waals surface area contributed by atoms with Gasteiger partial charge in [-0.05, 0) is 18.1 Å². The number of fused-ring (bicyclic) bond motifs is 1. The van der Waals surface area contributed by atoms with Crippen molar-refractivity contribution in [2.45, 2.75) is 6.42 Å². The van der Waals surface area contributed by atoms with E-state index >= 15 is 0 Å². The Morgan fingerprint density at radius 2 is 1.86 bits per heavy atom. The van der Waals surface area contributed by atoms with Crippen molar-refractivity contribution in [3.8, 4) is 5.75 Å². The summed E-state index contributed by atoms with van der Waals surface area (Å²) >= 11 is 0. The first-order chi connectivity index (χ1) is 10.6. The summed E-state index contributed by atoms with van der Waals surface area (Å²) in [6.07, 6.45) is 0.597. The lowest BCUT2D eigenvalue weighted by molar-refractivity contribution is -0.114. The van der Waals surface area contributed by atoms with E-state index in [4.69, 9.17) is 4.74 Å². The number of methoxy groups -OCH3 is 1. The van der Waals surface area contributed by atoms with E-state index in [1.807, 2.05) is 30.3 Å². The number of nitrogens with zero attached hydrogens (tertiary/aromatic N) is 1. The quantitative estimate of drug-likeness (QED) is 0.815. The molecule has 0 saturated carbocycles. The first-order valence-corrected chi connectivity index (χ1v) is 6.89. The number of halogens is 1. The molecule has 0 N–H and O–H groups in total. The number of benzene rings is 2. The molecule has 0 bridgehead atoms. The molecule has 2 aromatic rings. The number of carbonyl (C=O) groups excluding carboxylic acids is 2. The van der Waals surface area contributed by atoms with Gasteiger partial charge in [0.2, 0.25) is 0 Å². The summed E-state index contributed by atoms with van der Waals surface area (Å²) in [4.78, 5) is 25.6. The van der Waals surface area contributed by atoms with Gasteiger partial charge in [0.1, 0.15) is 11.6 Å². The van der Waals surface area contributed by atoms with Gasteiger partial charge in [-0.15, -0.1) is 0 Å². The molecule has 0 aromatic heterocycles. The van der Waals surface area contributed by atoms with Crippen LogP contribution in [0.2, 0.25) is 0 Å². The first-order valence-electron chi connectivity index (χ1n) is 6.89. The lowest BCUT2D eigenvalue weighted by atomic mass is 10.1. The Labute approximate surface area is 127 Å². The van der Waals surface area contributed by atoms with E-state index in [9.17, 15) is 14.0 Å². The van der Waals surface area contributed by atoms with Crippen molar-refractivity contribution in [2.75, 3.05) is 18.6 Å². The fraction of sp³-hybridized carbons (Fsp3) is 0.176. The van der Waals surface area contributed by atoms with Crippen LogP contribution >= 0.6 is 0 Å². The van der Waals surface area contributed by atoms with Crippen LogP contribution in [0, 0.1) is 5.82 Å². The Kier molecular flexibility index (Phi) is 3.63. The molecule has 0 spiro atoms. The van der Waals surface area contributed by atoms with Gasteiger partial charge in [0.05, 0.1) is 18.4 Å². The predicted molar refractivity (Wildman–Crippen MR) is 79.8 cm³/mol. The van der Waals surface area contributed by atoms with Crippen LogP contribution in [0.3, 0.4) is 0 Å². The van der Waals surface area contributed by atoms with Crippen molar-refractivity contribution in [1.29, 1.82) is 0 Å². The zero-order valence-corrected chi connectivity index (χ0v) is 12.0. The van der Waals surface area contributed by atoms with Crippen molar-refractivity contribution >= 4 is 17.4 Å². The lowest BCUT2D eigenvalue weighted by Crippen LogP contribution is -2.31. The molecule has 0 unspecified atom stereocenters. The van der Waals surface area contributed by atoms with Gasteiger partial charge in [-0.1, -0.05) is 30.3 Å². The highest BCUT2D eigenvalue weighted by molar-refractivity contribution is 6.52. The molecule has 22 heavy (non-hydrogen) atoms. The number of carbonyl (C=O) groups is 2. The second-order valence-corrected chi connectivity index (χ2v) is 5.03. The van der Waals surface area contributed by atoms with Crippen LogP contribution in [0.1, 0.15) is 15.9 Å². The van der Waals surface area contributed by atoms with E-state index in [0.29, 0.717) is 18.7 Å². The second-order valence-electron chi connectivity index (χ2n) is 5.03. The fourth-order valence-electron chi connectivity index (χ4n) is 2.62. The first kappa shape index (κ1) is 14.3. The van der Waals surface area contributed by atoms with E-state index in [-0.39, 0.29) is 11.3 Å². The molecule has 1 amide bonds. The minimum atomic E-state index is -0.694. The highest BCUT2D eigenvalue weighted by atomic mass is 19.1. The molecular formula is C17H14FNO3. The monoisotopic (exact) mass is 299 g/mol. The third-order valence-corrected chi connectivity index (χ3v) is 3.68. The Hall–Kier alpha value is -2.69. The summed E-state index contributed by atoms with van der Waals surface area (Å²) in [5, 5.41) is 0. The number of ketones is 1. The van der Waals surface area contributed by atoms with Crippen molar-refractivity contribution in [3.63, 3.8) is 0 Å². The van der Waals surface area contributed by atoms with E-state index in [2.05, 4.69) is 0 Å². The smallest absolute Gasteiger partial charge is 0.299 e. The normalized spacial score (nSPS) is 13.5. The Bertz CT molecular complexity index is 743. The SMILES string of the molecule is COc1cc(F)cc2c1N(CCc1ccccc1)C(=O)C2=O. The molecule has 1 heterocycles. The average molecular weight is 299 g/mol. The molecule has 1 aliphatic rings. The zero-order valence-electron chi connectivity index (χ0n) is 12.0. The number of amides is 1. The van der Waals surface area contributed by atoms with Crippen molar-refractivity contribution in [2.24, 2.45) is 0 Å². The average Bonchev–Trinajstić information content (AvgIpc) is 2.77. The third kappa shape index (κ3) is 2.35. The van der Waals surface area contributed by atoms with E-state index in [1.54, 1.807) is 0 Å².